The molecular weight excluding hydrogens is 368 g/mol. The first-order chi connectivity index (χ1) is 14.0. The van der Waals surface area contributed by atoms with E-state index in [9.17, 15) is 9.59 Å². The number of nitrogens with one attached hydrogen (secondary N) is 1. The summed E-state index contributed by atoms with van der Waals surface area (Å²) in [5, 5.41) is 7.63. The summed E-state index contributed by atoms with van der Waals surface area (Å²) in [6, 6.07) is 5.49. The summed E-state index contributed by atoms with van der Waals surface area (Å²) >= 11 is 0. The van der Waals surface area contributed by atoms with Crippen molar-refractivity contribution in [2.45, 2.75) is 65.5 Å². The molecule has 1 atom stereocenters. The van der Waals surface area contributed by atoms with Crippen LogP contribution < -0.4 is 5.56 Å². The lowest BCUT2D eigenvalue weighted by molar-refractivity contribution is -0.132. The fraction of sp³-hybridized carbons (Fsp3) is 0.524. The molecule has 0 aromatic carbocycles. The predicted octanol–water partition coefficient (Wildman–Crippen LogP) is 2.54. The molecule has 0 aliphatic carbocycles. The minimum absolute atomic E-state index is 0.0256. The molecule has 1 fully saturated rings. The molecule has 0 radical (unpaired) electrons. The van der Waals surface area contributed by atoms with Gasteiger partial charge in [0.15, 0.2) is 5.65 Å². The van der Waals surface area contributed by atoms with Gasteiger partial charge in [0, 0.05) is 43.0 Å². The summed E-state index contributed by atoms with van der Waals surface area (Å²) in [4.78, 5) is 31.7. The van der Waals surface area contributed by atoms with E-state index in [4.69, 9.17) is 0 Å². The average Bonchev–Trinajstić information content (AvgIpc) is 3.39. The van der Waals surface area contributed by atoms with Crippen LogP contribution in [0.4, 0.5) is 0 Å². The van der Waals surface area contributed by atoms with Gasteiger partial charge in [0.2, 0.25) is 5.91 Å². The normalized spacial score (nSPS) is 16.8. The minimum atomic E-state index is -0.112. The molecule has 0 bridgehead atoms. The Morgan fingerprint density at radius 2 is 2.10 bits per heavy atom. The first kappa shape index (κ1) is 19.4. The van der Waals surface area contributed by atoms with Crippen molar-refractivity contribution < 1.29 is 4.79 Å². The Labute approximate surface area is 169 Å². The second-order valence-corrected chi connectivity index (χ2v) is 7.84. The molecule has 8 nitrogen and oxygen atoms in total. The number of aryl methyl sites for hydroxylation is 4. The highest BCUT2D eigenvalue weighted by Gasteiger charge is 2.31. The highest BCUT2D eigenvalue weighted by atomic mass is 16.2. The van der Waals surface area contributed by atoms with Gasteiger partial charge in [-0.05, 0) is 45.6 Å². The summed E-state index contributed by atoms with van der Waals surface area (Å²) in [5.41, 5.74) is 4.29. The maximum atomic E-state index is 12.9. The lowest BCUT2D eigenvalue weighted by atomic mass is 10.1. The molecule has 1 aliphatic rings. The van der Waals surface area contributed by atoms with Crippen LogP contribution in [0.2, 0.25) is 0 Å². The third kappa shape index (κ3) is 3.83. The number of nitrogens with zero attached hydrogens (tertiary/aromatic N) is 5. The number of rotatable bonds is 6. The fourth-order valence-electron chi connectivity index (χ4n) is 4.22. The zero-order chi connectivity index (χ0) is 20.5. The van der Waals surface area contributed by atoms with E-state index in [1.807, 2.05) is 42.5 Å². The van der Waals surface area contributed by atoms with E-state index in [-0.39, 0.29) is 17.5 Å². The van der Waals surface area contributed by atoms with Crippen LogP contribution in [0.3, 0.4) is 0 Å². The SMILES string of the molecule is CCc1cc(=O)n2[nH]c([C@@H]3CCCN3C(=O)CCCn3nc(C)cc3C)cc2n1. The molecule has 154 valence electrons. The van der Waals surface area contributed by atoms with E-state index < -0.39 is 0 Å². The minimum Gasteiger partial charge on any atom is -0.334 e. The first-order valence-corrected chi connectivity index (χ1v) is 10.4. The highest BCUT2D eigenvalue weighted by Crippen LogP contribution is 2.32. The predicted molar refractivity (Wildman–Crippen MR) is 110 cm³/mol. The standard InChI is InChI=1S/C21H28N6O2/c1-4-16-12-21(29)27-19(22-16)13-17(24-27)18-7-5-9-25(18)20(28)8-6-10-26-15(3)11-14(2)23-26/h11-13,18,24H,4-10H2,1-3H3/t18-/m0/s1. The second kappa shape index (κ2) is 7.85. The van der Waals surface area contributed by atoms with E-state index in [1.165, 1.54) is 4.52 Å². The highest BCUT2D eigenvalue weighted by molar-refractivity contribution is 5.77. The van der Waals surface area contributed by atoms with Crippen LogP contribution in [0.15, 0.2) is 23.0 Å². The van der Waals surface area contributed by atoms with E-state index in [1.54, 1.807) is 6.07 Å². The van der Waals surface area contributed by atoms with Crippen molar-refractivity contribution in [3.63, 3.8) is 0 Å². The van der Waals surface area contributed by atoms with E-state index >= 15 is 0 Å². The topological polar surface area (TPSA) is 88.3 Å². The molecule has 3 aromatic rings. The number of carbonyl (C=O) groups excluding carboxylic acids is 1. The van der Waals surface area contributed by atoms with E-state index in [0.717, 1.165) is 61.5 Å². The molecule has 1 N–H and O–H groups in total. The molecule has 1 aliphatic heterocycles. The van der Waals surface area contributed by atoms with Gasteiger partial charge in [-0.1, -0.05) is 6.92 Å². The Bertz CT molecular complexity index is 1090. The molecule has 4 rings (SSSR count). The second-order valence-electron chi connectivity index (χ2n) is 7.84. The molecule has 0 unspecified atom stereocenters. The molecule has 29 heavy (non-hydrogen) atoms. The number of H-pyrrole nitrogens is 1. The van der Waals surface area contributed by atoms with Crippen LogP contribution in [0.25, 0.3) is 5.65 Å². The maximum absolute atomic E-state index is 12.9. The number of aromatic nitrogens is 5. The summed E-state index contributed by atoms with van der Waals surface area (Å²) in [6.45, 7) is 7.49. The van der Waals surface area contributed by atoms with Gasteiger partial charge >= 0.3 is 0 Å². The van der Waals surface area contributed by atoms with Gasteiger partial charge in [-0.3, -0.25) is 19.4 Å². The van der Waals surface area contributed by atoms with Gasteiger partial charge in [0.1, 0.15) is 0 Å². The third-order valence-corrected chi connectivity index (χ3v) is 5.68. The van der Waals surface area contributed by atoms with Crippen molar-refractivity contribution in [3.8, 4) is 0 Å². The maximum Gasteiger partial charge on any atom is 0.272 e. The van der Waals surface area contributed by atoms with Gasteiger partial charge in [0.05, 0.1) is 17.4 Å². The summed E-state index contributed by atoms with van der Waals surface area (Å²) < 4.78 is 3.43. The van der Waals surface area contributed by atoms with Crippen molar-refractivity contribution >= 4 is 11.6 Å². The fourth-order valence-corrected chi connectivity index (χ4v) is 4.22. The molecule has 4 heterocycles. The van der Waals surface area contributed by atoms with E-state index in [2.05, 4.69) is 15.2 Å². The molecule has 8 heteroatoms. The van der Waals surface area contributed by atoms with Crippen molar-refractivity contribution in [3.05, 3.63) is 51.3 Å². The Balaban J connectivity index is 1.46. The summed E-state index contributed by atoms with van der Waals surface area (Å²) in [5.74, 6) is 0.155. The van der Waals surface area contributed by atoms with Crippen molar-refractivity contribution in [2.24, 2.45) is 0 Å². The lowest BCUT2D eigenvalue weighted by Gasteiger charge is -2.23. The number of aromatic amines is 1. The third-order valence-electron chi connectivity index (χ3n) is 5.68. The number of amides is 1. The number of likely N-dealkylation sites (tertiary alicyclic amines) is 1. The van der Waals surface area contributed by atoms with Gasteiger partial charge in [0.25, 0.3) is 5.56 Å². The Kier molecular flexibility index (Phi) is 5.25. The number of carbonyl (C=O) groups is 1. The van der Waals surface area contributed by atoms with Gasteiger partial charge < -0.3 is 4.90 Å². The Morgan fingerprint density at radius 1 is 1.28 bits per heavy atom. The monoisotopic (exact) mass is 396 g/mol. The molecule has 3 aromatic heterocycles. The van der Waals surface area contributed by atoms with Crippen molar-refractivity contribution in [2.75, 3.05) is 6.54 Å². The zero-order valence-electron chi connectivity index (χ0n) is 17.3. The molecular formula is C21H28N6O2. The smallest absolute Gasteiger partial charge is 0.272 e. The first-order valence-electron chi connectivity index (χ1n) is 10.4. The van der Waals surface area contributed by atoms with Crippen molar-refractivity contribution in [1.82, 2.24) is 29.3 Å². The van der Waals surface area contributed by atoms with Gasteiger partial charge in [-0.25, -0.2) is 9.50 Å². The lowest BCUT2D eigenvalue weighted by Crippen LogP contribution is -2.31. The largest absolute Gasteiger partial charge is 0.334 e. The summed E-state index contributed by atoms with van der Waals surface area (Å²) in [7, 11) is 0. The molecule has 1 amide bonds. The summed E-state index contributed by atoms with van der Waals surface area (Å²) in [6.07, 6.45) is 3.83. The molecule has 0 saturated carbocycles. The van der Waals surface area contributed by atoms with Crippen LogP contribution in [0, 0.1) is 13.8 Å². The van der Waals surface area contributed by atoms with Crippen LogP contribution in [-0.2, 0) is 17.8 Å². The van der Waals surface area contributed by atoms with Gasteiger partial charge in [-0.15, -0.1) is 0 Å². The number of fused-ring (bicyclic) bond motifs is 1. The quantitative estimate of drug-likeness (QED) is 0.693. The van der Waals surface area contributed by atoms with Crippen molar-refractivity contribution in [1.29, 1.82) is 0 Å². The van der Waals surface area contributed by atoms with Crippen LogP contribution in [0.1, 0.15) is 61.4 Å². The Morgan fingerprint density at radius 3 is 2.83 bits per heavy atom. The molecule has 1 saturated heterocycles. The van der Waals surface area contributed by atoms with Crippen LogP contribution in [0.5, 0.6) is 0 Å². The number of hydrogen-bond donors (Lipinski definition) is 1. The van der Waals surface area contributed by atoms with Crippen LogP contribution in [-0.4, -0.2) is 41.7 Å². The number of hydrogen-bond acceptors (Lipinski definition) is 4. The molecule has 0 spiro atoms. The van der Waals surface area contributed by atoms with Crippen LogP contribution >= 0.6 is 0 Å². The Hall–Kier alpha value is -2.90. The van der Waals surface area contributed by atoms with E-state index in [0.29, 0.717) is 12.1 Å². The average molecular weight is 396 g/mol. The van der Waals surface area contributed by atoms with Gasteiger partial charge in [-0.2, -0.15) is 5.10 Å². The zero-order valence-corrected chi connectivity index (χ0v) is 17.3.